The van der Waals surface area contributed by atoms with Crippen LogP contribution in [0, 0.1) is 0 Å². The number of hydrogen-bond acceptors (Lipinski definition) is 13. The number of nitrogens with two attached hydrogens (primary N) is 2. The van der Waals surface area contributed by atoms with Crippen molar-refractivity contribution in [1.29, 1.82) is 0 Å². The topological polar surface area (TPSA) is 302 Å². The minimum absolute atomic E-state index is 0.128. The summed E-state index contributed by atoms with van der Waals surface area (Å²) in [5, 5.41) is 16.8. The lowest BCUT2D eigenvalue weighted by atomic mass is 9.77. The highest BCUT2D eigenvalue weighted by atomic mass is 16.6. The Labute approximate surface area is 361 Å². The fourth-order valence-corrected chi connectivity index (χ4v) is 7.19. The molecule has 5 aromatic rings. The maximum atomic E-state index is 13.8. The third-order valence-electron chi connectivity index (χ3n) is 10.1. The first-order valence-electron chi connectivity index (χ1n) is 20.0. The van der Waals surface area contributed by atoms with Gasteiger partial charge in [0.15, 0.2) is 18.2 Å². The number of benzene rings is 5. The van der Waals surface area contributed by atoms with E-state index in [2.05, 4.69) is 43.4 Å². The molecule has 2 heterocycles. The predicted molar refractivity (Wildman–Crippen MR) is 228 cm³/mol. The van der Waals surface area contributed by atoms with E-state index in [0.717, 1.165) is 0 Å². The third-order valence-corrected chi connectivity index (χ3v) is 10.1. The van der Waals surface area contributed by atoms with E-state index in [1.54, 1.807) is 121 Å². The van der Waals surface area contributed by atoms with Gasteiger partial charge in [-0.05, 0) is 67.4 Å². The molecule has 2 aliphatic heterocycles. The minimum Gasteiger partial charge on any atom is -0.456 e. The van der Waals surface area contributed by atoms with Crippen LogP contribution in [0.5, 0.6) is 23.0 Å². The second-order valence-corrected chi connectivity index (χ2v) is 14.6. The number of carbonyl (C=O) groups is 5. The van der Waals surface area contributed by atoms with Crippen molar-refractivity contribution < 1.29 is 54.4 Å². The van der Waals surface area contributed by atoms with E-state index >= 15 is 0 Å². The van der Waals surface area contributed by atoms with E-state index in [-0.39, 0.29) is 60.3 Å². The fraction of sp³-hybridized carbons (Fsp3) is 0.205. The Morgan fingerprint density at radius 2 is 1.05 bits per heavy atom. The summed E-state index contributed by atoms with van der Waals surface area (Å²) in [4.78, 5) is 66.9. The van der Waals surface area contributed by atoms with Gasteiger partial charge in [0.25, 0.3) is 0 Å². The molecule has 4 atom stereocenters. The highest BCUT2D eigenvalue weighted by Crippen LogP contribution is 2.56. The summed E-state index contributed by atoms with van der Waals surface area (Å²) in [6.45, 7) is 0.473. The predicted octanol–water partition coefficient (Wildman–Crippen LogP) is 1.37. The summed E-state index contributed by atoms with van der Waals surface area (Å²) in [5.74, 6) is -0.672. The van der Waals surface area contributed by atoms with Gasteiger partial charge in [-0.2, -0.15) is 0 Å². The average molecular weight is 861 g/mol. The lowest BCUT2D eigenvalue weighted by Gasteiger charge is -2.37. The van der Waals surface area contributed by atoms with Gasteiger partial charge in [-0.25, -0.2) is 14.4 Å². The zero-order valence-corrected chi connectivity index (χ0v) is 33.9. The number of carbonyl (C=O) groups excluding carboxylic acids is 5. The maximum absolute atomic E-state index is 13.8. The molecule has 63 heavy (non-hydrogen) atoms. The normalized spacial score (nSPS) is 16.3. The van der Waals surface area contributed by atoms with Crippen molar-refractivity contribution in [3.05, 3.63) is 144 Å². The standard InChI is InChI=1S/C44H46N10O9/c45-40(46)49-21-19-33(53-42(58)60-27-9-3-1-4-10-27)37(55)51-25-15-17-31-35(23-25)62-36-24-26(16-18-32(36)44(31)30-14-8-7-13-29(30)39(57)63-44)52-38(56)34(20-22-50-41(47)48)54-43(59)61-28-11-5-2-6-12-28/h1-18,23-24,33-34,40-41,49-50H,19-22,45-48H2,(H,51,55)(H,52,56)(H,53,58)(H,54,59)/p+2. The van der Waals surface area contributed by atoms with Crippen molar-refractivity contribution in [2.75, 3.05) is 23.7 Å². The molecular weight excluding hydrogens is 813 g/mol. The molecule has 2 aliphatic rings. The van der Waals surface area contributed by atoms with Crippen molar-refractivity contribution in [2.45, 2.75) is 43.1 Å². The molecular formula is C44H48N10O9+2. The van der Waals surface area contributed by atoms with Gasteiger partial charge in [0.2, 0.25) is 11.8 Å². The van der Waals surface area contributed by atoms with Gasteiger partial charge >= 0.3 is 18.2 Å². The minimum atomic E-state index is -1.48. The van der Waals surface area contributed by atoms with Crippen LogP contribution in [0.4, 0.5) is 21.0 Å². The second kappa shape index (κ2) is 19.5. The molecule has 4 amide bonds. The molecule has 19 heteroatoms. The number of rotatable bonds is 16. The average Bonchev–Trinajstić information content (AvgIpc) is 3.55. The number of anilines is 2. The Balaban J connectivity index is 1.16. The van der Waals surface area contributed by atoms with Crippen molar-refractivity contribution in [3.8, 4) is 23.0 Å². The molecule has 0 aromatic heterocycles. The van der Waals surface area contributed by atoms with Crippen molar-refractivity contribution in [1.82, 2.24) is 21.3 Å². The lowest BCUT2D eigenvalue weighted by Crippen LogP contribution is -2.73. The molecule has 19 nitrogen and oxygen atoms in total. The van der Waals surface area contributed by atoms with Gasteiger partial charge in [-0.3, -0.25) is 31.7 Å². The number of hydrogen-bond donors (Lipinski definition) is 10. The van der Waals surface area contributed by atoms with Crippen LogP contribution in [0.3, 0.4) is 0 Å². The molecule has 1 spiro atoms. The van der Waals surface area contributed by atoms with Crippen molar-refractivity contribution in [3.63, 3.8) is 0 Å². The first-order chi connectivity index (χ1) is 30.4. The fourth-order valence-electron chi connectivity index (χ4n) is 7.19. The van der Waals surface area contributed by atoms with Crippen molar-refractivity contribution in [2.24, 2.45) is 11.5 Å². The van der Waals surface area contributed by atoms with Crippen LogP contribution in [0.1, 0.15) is 39.9 Å². The number of esters is 1. The van der Waals surface area contributed by atoms with Crippen LogP contribution >= 0.6 is 0 Å². The van der Waals surface area contributed by atoms with Gasteiger partial charge in [0, 0.05) is 53.3 Å². The molecule has 0 bridgehead atoms. The molecule has 0 aliphatic carbocycles. The summed E-state index contributed by atoms with van der Waals surface area (Å²) in [6.07, 6.45) is -2.64. The SMILES string of the molecule is NC([NH3+])NCCC(NC(=O)Oc1ccccc1)C(=O)Nc1ccc2c(c1)Oc1cc(NC(=O)C(CCNC(N)[NH3+])NC(=O)Oc3ccccc3)ccc1C21OC(=O)c2ccccc21. The molecule has 5 aromatic carbocycles. The number of ether oxygens (including phenoxy) is 4. The quantitative estimate of drug-likeness (QED) is 0.0496. The first-order valence-corrected chi connectivity index (χ1v) is 20.0. The van der Waals surface area contributed by atoms with Crippen molar-refractivity contribution >= 4 is 41.3 Å². The Hall–Kier alpha value is -7.39. The van der Waals surface area contributed by atoms with Crippen LogP contribution in [0.25, 0.3) is 0 Å². The van der Waals surface area contributed by atoms with Gasteiger partial charge in [-0.15, -0.1) is 0 Å². The van der Waals surface area contributed by atoms with E-state index in [4.69, 9.17) is 30.4 Å². The summed E-state index contributed by atoms with van der Waals surface area (Å²) in [5.41, 5.74) is 19.8. The number of fused-ring (bicyclic) bond motifs is 6. The van der Waals surface area contributed by atoms with Crippen LogP contribution < -0.4 is 69.0 Å². The summed E-state index contributed by atoms with van der Waals surface area (Å²) < 4.78 is 23.5. The molecule has 0 saturated carbocycles. The molecule has 0 fully saturated rings. The Morgan fingerprint density at radius 1 is 0.603 bits per heavy atom. The van der Waals surface area contributed by atoms with Crippen LogP contribution in [-0.4, -0.2) is 67.7 Å². The molecule has 0 saturated heterocycles. The highest BCUT2D eigenvalue weighted by Gasteiger charge is 2.53. The monoisotopic (exact) mass is 860 g/mol. The molecule has 7 rings (SSSR count). The van der Waals surface area contributed by atoms with Gasteiger partial charge in [0.1, 0.15) is 35.1 Å². The van der Waals surface area contributed by atoms with E-state index in [9.17, 15) is 24.0 Å². The third kappa shape index (κ3) is 10.4. The summed E-state index contributed by atoms with van der Waals surface area (Å²) in [6, 6.07) is 31.4. The number of amides is 4. The smallest absolute Gasteiger partial charge is 0.413 e. The molecule has 326 valence electrons. The number of para-hydroxylation sites is 2. The maximum Gasteiger partial charge on any atom is 0.413 e. The van der Waals surface area contributed by atoms with Gasteiger partial charge in [0.05, 0.1) is 5.56 Å². The van der Waals surface area contributed by atoms with Gasteiger partial charge < -0.3 is 51.7 Å². The zero-order valence-electron chi connectivity index (χ0n) is 33.9. The van der Waals surface area contributed by atoms with E-state index < -0.39 is 60.2 Å². The van der Waals surface area contributed by atoms with E-state index in [0.29, 0.717) is 22.3 Å². The van der Waals surface area contributed by atoms with Gasteiger partial charge in [-0.1, -0.05) is 54.6 Å². The summed E-state index contributed by atoms with van der Waals surface area (Å²) in [7, 11) is 0. The molecule has 4 unspecified atom stereocenters. The van der Waals surface area contributed by atoms with E-state index in [1.807, 2.05) is 0 Å². The van der Waals surface area contributed by atoms with Crippen LogP contribution in [-0.2, 0) is 19.9 Å². The highest BCUT2D eigenvalue weighted by molar-refractivity contribution is 5.99. The Bertz CT molecular complexity index is 2330. The van der Waals surface area contributed by atoms with Crippen LogP contribution in [0.15, 0.2) is 121 Å². The molecule has 16 N–H and O–H groups in total. The lowest BCUT2D eigenvalue weighted by molar-refractivity contribution is -0.427. The summed E-state index contributed by atoms with van der Waals surface area (Å²) >= 11 is 0. The van der Waals surface area contributed by atoms with E-state index in [1.165, 1.54) is 0 Å². The Morgan fingerprint density at radius 3 is 1.51 bits per heavy atom. The first kappa shape index (κ1) is 43.7. The zero-order chi connectivity index (χ0) is 44.5. The second-order valence-electron chi connectivity index (χ2n) is 14.6. The Kier molecular flexibility index (Phi) is 13.6. The van der Waals surface area contributed by atoms with Crippen LogP contribution in [0.2, 0.25) is 0 Å². The number of quaternary nitrogens is 2. The number of nitrogens with one attached hydrogen (secondary N) is 6. The largest absolute Gasteiger partial charge is 0.456 e. The molecule has 0 radical (unpaired) electrons.